The average molecular weight is 265 g/mol. The first-order chi connectivity index (χ1) is 6.13. The Morgan fingerprint density at radius 1 is 1.54 bits per heavy atom. The van der Waals surface area contributed by atoms with Crippen molar-refractivity contribution >= 4 is 27.5 Å². The third kappa shape index (κ3) is 3.27. The lowest BCUT2D eigenvalue weighted by atomic mass is 10.1. The molecule has 72 valence electrons. The van der Waals surface area contributed by atoms with E-state index in [1.807, 2.05) is 18.2 Å². The van der Waals surface area contributed by atoms with Gasteiger partial charge in [-0.2, -0.15) is 0 Å². The second-order valence-corrected chi connectivity index (χ2v) is 4.16. The van der Waals surface area contributed by atoms with Gasteiger partial charge in [-0.15, -0.1) is 0 Å². The van der Waals surface area contributed by atoms with Crippen LogP contribution < -0.4 is 5.73 Å². The van der Waals surface area contributed by atoms with Crippen LogP contribution >= 0.6 is 27.5 Å². The van der Waals surface area contributed by atoms with Gasteiger partial charge in [0.1, 0.15) is 0 Å². The van der Waals surface area contributed by atoms with Crippen LogP contribution in [0.3, 0.4) is 0 Å². The van der Waals surface area contributed by atoms with Gasteiger partial charge >= 0.3 is 0 Å². The van der Waals surface area contributed by atoms with Gasteiger partial charge in [0.15, 0.2) is 0 Å². The Kier molecular flexibility index (Phi) is 4.19. The lowest BCUT2D eigenvalue weighted by molar-refractivity contribution is 0.265. The third-order valence-corrected chi connectivity index (χ3v) is 2.95. The maximum absolute atomic E-state index is 8.75. The number of nitrogens with two attached hydrogens (primary N) is 1. The molecule has 0 aromatic heterocycles. The Labute approximate surface area is 90.8 Å². The fourth-order valence-corrected chi connectivity index (χ4v) is 1.48. The molecule has 0 bridgehead atoms. The predicted molar refractivity (Wildman–Crippen MR) is 57.9 cm³/mol. The molecule has 0 radical (unpaired) electrons. The first-order valence-corrected chi connectivity index (χ1v) is 5.11. The lowest BCUT2D eigenvalue weighted by Gasteiger charge is -2.08. The molecule has 1 unspecified atom stereocenters. The van der Waals surface area contributed by atoms with E-state index in [2.05, 4.69) is 15.9 Å². The Bertz CT molecular complexity index is 293. The summed E-state index contributed by atoms with van der Waals surface area (Å²) in [6.07, 6.45) is 0.642. The Morgan fingerprint density at radius 2 is 2.23 bits per heavy atom. The third-order valence-electron chi connectivity index (χ3n) is 1.72. The highest BCUT2D eigenvalue weighted by molar-refractivity contribution is 9.10. The fourth-order valence-electron chi connectivity index (χ4n) is 1.03. The van der Waals surface area contributed by atoms with Gasteiger partial charge in [-0.3, -0.25) is 0 Å². The Balaban J connectivity index is 2.73. The summed E-state index contributed by atoms with van der Waals surface area (Å²) in [7, 11) is 0. The first-order valence-electron chi connectivity index (χ1n) is 3.94. The summed E-state index contributed by atoms with van der Waals surface area (Å²) in [5.74, 6) is 0. The molecule has 4 heteroatoms. The molecular formula is C9H11BrClNO. The monoisotopic (exact) mass is 263 g/mol. The van der Waals surface area contributed by atoms with Crippen LogP contribution in [0.25, 0.3) is 0 Å². The standard InChI is InChI=1S/C9H11BrClNO/c10-8-2-1-6(4-9(8)11)3-7(12)5-13/h1-2,4,7,13H,3,5,12H2. The summed E-state index contributed by atoms with van der Waals surface area (Å²) in [5.41, 5.74) is 6.63. The van der Waals surface area contributed by atoms with Crippen LogP contribution in [0.4, 0.5) is 0 Å². The van der Waals surface area contributed by atoms with E-state index in [1.165, 1.54) is 0 Å². The number of rotatable bonds is 3. The van der Waals surface area contributed by atoms with Gasteiger partial charge < -0.3 is 10.8 Å². The molecule has 0 aliphatic carbocycles. The minimum Gasteiger partial charge on any atom is -0.395 e. The second-order valence-electron chi connectivity index (χ2n) is 2.90. The zero-order valence-electron chi connectivity index (χ0n) is 7.00. The van der Waals surface area contributed by atoms with E-state index in [0.717, 1.165) is 10.0 Å². The molecule has 1 rings (SSSR count). The van der Waals surface area contributed by atoms with Crippen molar-refractivity contribution in [2.24, 2.45) is 5.73 Å². The van der Waals surface area contributed by atoms with Crippen molar-refractivity contribution in [2.45, 2.75) is 12.5 Å². The van der Waals surface area contributed by atoms with Crippen LogP contribution in [0.5, 0.6) is 0 Å². The molecule has 0 aliphatic rings. The largest absolute Gasteiger partial charge is 0.395 e. The summed E-state index contributed by atoms with van der Waals surface area (Å²) in [6, 6.07) is 5.45. The molecule has 0 fully saturated rings. The molecule has 0 aliphatic heterocycles. The van der Waals surface area contributed by atoms with Crippen molar-refractivity contribution in [1.29, 1.82) is 0 Å². The molecule has 1 aromatic rings. The maximum atomic E-state index is 8.75. The van der Waals surface area contributed by atoms with Crippen LogP contribution in [0.2, 0.25) is 5.02 Å². The summed E-state index contributed by atoms with van der Waals surface area (Å²) in [5, 5.41) is 9.42. The van der Waals surface area contributed by atoms with Crippen LogP contribution in [-0.2, 0) is 6.42 Å². The first kappa shape index (κ1) is 11.0. The molecule has 13 heavy (non-hydrogen) atoms. The molecule has 0 spiro atoms. The van der Waals surface area contributed by atoms with Crippen LogP contribution in [0.1, 0.15) is 5.56 Å². The zero-order valence-corrected chi connectivity index (χ0v) is 9.35. The van der Waals surface area contributed by atoms with Crippen molar-refractivity contribution in [3.63, 3.8) is 0 Å². The predicted octanol–water partition coefficient (Wildman–Crippen LogP) is 1.96. The van der Waals surface area contributed by atoms with Gasteiger partial charge in [-0.1, -0.05) is 17.7 Å². The number of benzene rings is 1. The smallest absolute Gasteiger partial charge is 0.0585 e. The molecule has 3 N–H and O–H groups in total. The van der Waals surface area contributed by atoms with Gasteiger partial charge in [0.2, 0.25) is 0 Å². The van der Waals surface area contributed by atoms with Crippen molar-refractivity contribution in [2.75, 3.05) is 6.61 Å². The van der Waals surface area contributed by atoms with Crippen LogP contribution in [0.15, 0.2) is 22.7 Å². The summed E-state index contributed by atoms with van der Waals surface area (Å²) in [6.45, 7) is -0.00627. The normalized spacial score (nSPS) is 12.9. The number of aliphatic hydroxyl groups is 1. The minimum absolute atomic E-state index is 0.00627. The van der Waals surface area contributed by atoms with Gasteiger partial charge in [0.25, 0.3) is 0 Å². The van der Waals surface area contributed by atoms with E-state index in [9.17, 15) is 0 Å². The molecule has 0 saturated carbocycles. The van der Waals surface area contributed by atoms with E-state index in [-0.39, 0.29) is 12.6 Å². The van der Waals surface area contributed by atoms with Crippen LogP contribution in [0, 0.1) is 0 Å². The molecular weight excluding hydrogens is 253 g/mol. The molecule has 0 saturated heterocycles. The summed E-state index contributed by atoms with van der Waals surface area (Å²) in [4.78, 5) is 0. The SMILES string of the molecule is NC(CO)Cc1ccc(Br)c(Cl)c1. The van der Waals surface area contributed by atoms with Crippen molar-refractivity contribution in [1.82, 2.24) is 0 Å². The topological polar surface area (TPSA) is 46.2 Å². The van der Waals surface area contributed by atoms with Crippen molar-refractivity contribution in [3.05, 3.63) is 33.3 Å². The Hall–Kier alpha value is -0.0900. The van der Waals surface area contributed by atoms with Crippen molar-refractivity contribution < 1.29 is 5.11 Å². The molecule has 0 heterocycles. The number of hydrogen-bond acceptors (Lipinski definition) is 2. The molecule has 2 nitrogen and oxygen atoms in total. The highest BCUT2D eigenvalue weighted by Crippen LogP contribution is 2.23. The average Bonchev–Trinajstić information content (AvgIpc) is 2.11. The van der Waals surface area contributed by atoms with E-state index in [0.29, 0.717) is 11.4 Å². The molecule has 1 atom stereocenters. The number of halogens is 2. The van der Waals surface area contributed by atoms with Crippen molar-refractivity contribution in [3.8, 4) is 0 Å². The van der Waals surface area contributed by atoms with Gasteiger partial charge in [0, 0.05) is 10.5 Å². The quantitative estimate of drug-likeness (QED) is 0.877. The fraction of sp³-hybridized carbons (Fsp3) is 0.333. The van der Waals surface area contributed by atoms with Gasteiger partial charge in [0.05, 0.1) is 11.6 Å². The van der Waals surface area contributed by atoms with Crippen LogP contribution in [-0.4, -0.2) is 17.8 Å². The van der Waals surface area contributed by atoms with E-state index in [1.54, 1.807) is 0 Å². The Morgan fingerprint density at radius 3 is 2.77 bits per heavy atom. The molecule has 1 aromatic carbocycles. The zero-order chi connectivity index (χ0) is 9.84. The highest BCUT2D eigenvalue weighted by Gasteiger charge is 2.04. The highest BCUT2D eigenvalue weighted by atomic mass is 79.9. The minimum atomic E-state index is -0.211. The van der Waals surface area contributed by atoms with E-state index in [4.69, 9.17) is 22.4 Å². The summed E-state index contributed by atoms with van der Waals surface area (Å²) >= 11 is 9.19. The number of aliphatic hydroxyl groups excluding tert-OH is 1. The number of hydrogen-bond donors (Lipinski definition) is 2. The second kappa shape index (κ2) is 4.96. The summed E-state index contributed by atoms with van der Waals surface area (Å²) < 4.78 is 0.871. The maximum Gasteiger partial charge on any atom is 0.0585 e. The van der Waals surface area contributed by atoms with Gasteiger partial charge in [-0.25, -0.2) is 0 Å². The van der Waals surface area contributed by atoms with Gasteiger partial charge in [-0.05, 0) is 40.0 Å². The molecule has 0 amide bonds. The van der Waals surface area contributed by atoms with E-state index < -0.39 is 0 Å². The van der Waals surface area contributed by atoms with E-state index >= 15 is 0 Å². The lowest BCUT2D eigenvalue weighted by Crippen LogP contribution is -2.26.